The van der Waals surface area contributed by atoms with E-state index in [0.717, 1.165) is 13.0 Å². The molecule has 0 saturated heterocycles. The predicted octanol–water partition coefficient (Wildman–Crippen LogP) is 4.55. The lowest BCUT2D eigenvalue weighted by atomic mass is 9.89. The molecule has 0 heterocycles. The van der Waals surface area contributed by atoms with E-state index in [4.69, 9.17) is 0 Å². The van der Waals surface area contributed by atoms with Gasteiger partial charge in [-0.25, -0.2) is 0 Å². The van der Waals surface area contributed by atoms with Crippen LogP contribution in [-0.4, -0.2) is 13.6 Å². The molecule has 1 nitrogen and oxygen atoms in total. The SMILES string of the molecule is CNCC(CCc1c(C)cc(C)cc1C)c1ccccc1. The van der Waals surface area contributed by atoms with Crippen molar-refractivity contribution in [1.29, 1.82) is 0 Å². The molecule has 2 aromatic rings. The Bertz CT molecular complexity index is 549. The molecule has 0 bridgehead atoms. The summed E-state index contributed by atoms with van der Waals surface area (Å²) in [7, 11) is 2.04. The number of benzene rings is 2. The molecule has 1 heteroatoms. The zero-order chi connectivity index (χ0) is 15.2. The molecule has 1 N–H and O–H groups in total. The molecule has 0 saturated carbocycles. The van der Waals surface area contributed by atoms with E-state index in [2.05, 4.69) is 68.6 Å². The summed E-state index contributed by atoms with van der Waals surface area (Å²) < 4.78 is 0. The summed E-state index contributed by atoms with van der Waals surface area (Å²) >= 11 is 0. The third-order valence-electron chi connectivity index (χ3n) is 4.30. The van der Waals surface area contributed by atoms with Crippen molar-refractivity contribution < 1.29 is 0 Å². The number of likely N-dealkylation sites (N-methyl/N-ethyl adjacent to an activating group) is 1. The Morgan fingerprint density at radius 1 is 0.952 bits per heavy atom. The van der Waals surface area contributed by atoms with E-state index in [0.29, 0.717) is 5.92 Å². The molecule has 0 aliphatic carbocycles. The molecular weight excluding hydrogens is 254 g/mol. The molecule has 1 unspecified atom stereocenters. The minimum absolute atomic E-state index is 0.580. The van der Waals surface area contributed by atoms with Crippen LogP contribution in [0.5, 0.6) is 0 Å². The second kappa shape index (κ2) is 7.42. The van der Waals surface area contributed by atoms with Gasteiger partial charge in [-0.15, -0.1) is 0 Å². The third kappa shape index (κ3) is 4.18. The molecule has 0 aliphatic rings. The van der Waals surface area contributed by atoms with Gasteiger partial charge in [0.2, 0.25) is 0 Å². The van der Waals surface area contributed by atoms with Crippen LogP contribution in [0.3, 0.4) is 0 Å². The molecule has 0 aliphatic heterocycles. The summed E-state index contributed by atoms with van der Waals surface area (Å²) in [5.74, 6) is 0.580. The second-order valence-electron chi connectivity index (χ2n) is 6.08. The molecule has 0 amide bonds. The smallest absolute Gasteiger partial charge is 0.00172 e. The molecule has 1 atom stereocenters. The van der Waals surface area contributed by atoms with Crippen molar-refractivity contribution in [2.24, 2.45) is 0 Å². The maximum absolute atomic E-state index is 3.34. The van der Waals surface area contributed by atoms with Crippen LogP contribution in [0, 0.1) is 20.8 Å². The Balaban J connectivity index is 2.13. The summed E-state index contributed by atoms with van der Waals surface area (Å²) in [4.78, 5) is 0. The molecule has 0 radical (unpaired) electrons. The van der Waals surface area contributed by atoms with Gasteiger partial charge in [0.05, 0.1) is 0 Å². The van der Waals surface area contributed by atoms with Crippen LogP contribution < -0.4 is 5.32 Å². The van der Waals surface area contributed by atoms with E-state index in [1.165, 1.54) is 34.2 Å². The molecule has 2 aromatic carbocycles. The first-order valence-electron chi connectivity index (χ1n) is 7.88. The van der Waals surface area contributed by atoms with Crippen molar-refractivity contribution in [3.8, 4) is 0 Å². The summed E-state index contributed by atoms with van der Waals surface area (Å²) in [5, 5.41) is 3.34. The summed E-state index contributed by atoms with van der Waals surface area (Å²) in [6, 6.07) is 15.5. The number of rotatable bonds is 6. The van der Waals surface area contributed by atoms with Crippen molar-refractivity contribution in [3.05, 3.63) is 70.3 Å². The second-order valence-corrected chi connectivity index (χ2v) is 6.08. The van der Waals surface area contributed by atoms with Crippen LogP contribution in [-0.2, 0) is 6.42 Å². The topological polar surface area (TPSA) is 12.0 Å². The van der Waals surface area contributed by atoms with Gasteiger partial charge in [-0.1, -0.05) is 48.0 Å². The normalized spacial score (nSPS) is 12.4. The van der Waals surface area contributed by atoms with Gasteiger partial charge in [0, 0.05) is 6.54 Å². The average molecular weight is 281 g/mol. The highest BCUT2D eigenvalue weighted by Gasteiger charge is 2.12. The fourth-order valence-corrected chi connectivity index (χ4v) is 3.28. The van der Waals surface area contributed by atoms with Crippen molar-refractivity contribution >= 4 is 0 Å². The molecule has 112 valence electrons. The van der Waals surface area contributed by atoms with Gasteiger partial charge in [-0.3, -0.25) is 0 Å². The van der Waals surface area contributed by atoms with Gasteiger partial charge in [-0.2, -0.15) is 0 Å². The van der Waals surface area contributed by atoms with Gasteiger partial charge in [0.1, 0.15) is 0 Å². The molecule has 0 aromatic heterocycles. The Hall–Kier alpha value is -1.60. The minimum Gasteiger partial charge on any atom is -0.319 e. The number of hydrogen-bond acceptors (Lipinski definition) is 1. The molecule has 21 heavy (non-hydrogen) atoms. The van der Waals surface area contributed by atoms with Crippen molar-refractivity contribution in [2.45, 2.75) is 39.5 Å². The largest absolute Gasteiger partial charge is 0.319 e. The zero-order valence-corrected chi connectivity index (χ0v) is 13.7. The zero-order valence-electron chi connectivity index (χ0n) is 13.7. The van der Waals surface area contributed by atoms with E-state index in [9.17, 15) is 0 Å². The van der Waals surface area contributed by atoms with Crippen LogP contribution in [0.4, 0.5) is 0 Å². The Kier molecular flexibility index (Phi) is 5.58. The maximum atomic E-state index is 3.34. The monoisotopic (exact) mass is 281 g/mol. The average Bonchev–Trinajstić information content (AvgIpc) is 2.46. The molecule has 0 spiro atoms. The highest BCUT2D eigenvalue weighted by molar-refractivity contribution is 5.37. The van der Waals surface area contributed by atoms with E-state index >= 15 is 0 Å². The van der Waals surface area contributed by atoms with Crippen LogP contribution >= 0.6 is 0 Å². The van der Waals surface area contributed by atoms with Crippen molar-refractivity contribution in [2.75, 3.05) is 13.6 Å². The fraction of sp³-hybridized carbons (Fsp3) is 0.400. The predicted molar refractivity (Wildman–Crippen MR) is 92.1 cm³/mol. The van der Waals surface area contributed by atoms with E-state index < -0.39 is 0 Å². The van der Waals surface area contributed by atoms with Gasteiger partial charge in [-0.05, 0) is 68.8 Å². The highest BCUT2D eigenvalue weighted by Crippen LogP contribution is 2.24. The van der Waals surface area contributed by atoms with Gasteiger partial charge >= 0.3 is 0 Å². The standard InChI is InChI=1S/C20H27N/c1-15-12-16(2)20(17(3)13-15)11-10-19(14-21-4)18-8-6-5-7-9-18/h5-9,12-13,19,21H,10-11,14H2,1-4H3. The third-order valence-corrected chi connectivity index (χ3v) is 4.30. The first-order chi connectivity index (χ1) is 10.1. The first-order valence-corrected chi connectivity index (χ1v) is 7.88. The summed E-state index contributed by atoms with van der Waals surface area (Å²) in [6.45, 7) is 7.70. The van der Waals surface area contributed by atoms with E-state index in [1.807, 2.05) is 7.05 Å². The van der Waals surface area contributed by atoms with Crippen molar-refractivity contribution in [1.82, 2.24) is 5.32 Å². The van der Waals surface area contributed by atoms with Crippen LogP contribution in [0.25, 0.3) is 0 Å². The quantitative estimate of drug-likeness (QED) is 0.819. The maximum Gasteiger partial charge on any atom is 0.00172 e. The number of aryl methyl sites for hydroxylation is 3. The van der Waals surface area contributed by atoms with Crippen LogP contribution in [0.15, 0.2) is 42.5 Å². The molecule has 2 rings (SSSR count). The van der Waals surface area contributed by atoms with Gasteiger partial charge < -0.3 is 5.32 Å². The fourth-order valence-electron chi connectivity index (χ4n) is 3.28. The summed E-state index contributed by atoms with van der Waals surface area (Å²) in [6.07, 6.45) is 2.34. The minimum atomic E-state index is 0.580. The summed E-state index contributed by atoms with van der Waals surface area (Å²) in [5.41, 5.74) is 7.20. The van der Waals surface area contributed by atoms with Crippen LogP contribution in [0.2, 0.25) is 0 Å². The van der Waals surface area contributed by atoms with Gasteiger partial charge in [0.15, 0.2) is 0 Å². The first kappa shape index (κ1) is 15.8. The van der Waals surface area contributed by atoms with Gasteiger partial charge in [0.25, 0.3) is 0 Å². The lowest BCUT2D eigenvalue weighted by Gasteiger charge is -2.19. The Labute approximate surface area is 129 Å². The Morgan fingerprint density at radius 2 is 1.57 bits per heavy atom. The molecular formula is C20H27N. The number of nitrogens with one attached hydrogen (secondary N) is 1. The van der Waals surface area contributed by atoms with Crippen molar-refractivity contribution in [3.63, 3.8) is 0 Å². The lowest BCUT2D eigenvalue weighted by Crippen LogP contribution is -2.18. The highest BCUT2D eigenvalue weighted by atomic mass is 14.8. The molecule has 0 fully saturated rings. The van der Waals surface area contributed by atoms with E-state index in [-0.39, 0.29) is 0 Å². The van der Waals surface area contributed by atoms with Crippen LogP contribution in [0.1, 0.15) is 40.2 Å². The number of hydrogen-bond donors (Lipinski definition) is 1. The lowest BCUT2D eigenvalue weighted by molar-refractivity contribution is 0.582. The van der Waals surface area contributed by atoms with E-state index in [1.54, 1.807) is 0 Å². The Morgan fingerprint density at radius 3 is 2.14 bits per heavy atom.